The fourth-order valence-electron chi connectivity index (χ4n) is 1.21. The van der Waals surface area contributed by atoms with E-state index in [1.807, 2.05) is 13.8 Å². The molecular formula is C8H21NO2S. The second-order valence-electron chi connectivity index (χ2n) is 2.78. The molecule has 1 saturated heterocycles. The van der Waals surface area contributed by atoms with Crippen LogP contribution in [0.4, 0.5) is 0 Å². The van der Waals surface area contributed by atoms with E-state index in [0.29, 0.717) is 0 Å². The first-order valence-electron chi connectivity index (χ1n) is 4.59. The van der Waals surface area contributed by atoms with Gasteiger partial charge in [-0.15, -0.1) is 10.8 Å². The van der Waals surface area contributed by atoms with Crippen molar-refractivity contribution in [2.45, 2.75) is 33.1 Å². The van der Waals surface area contributed by atoms with E-state index in [-0.39, 0.29) is 0 Å². The van der Waals surface area contributed by atoms with Crippen LogP contribution in [0.2, 0.25) is 0 Å². The van der Waals surface area contributed by atoms with Crippen molar-refractivity contribution in [2.24, 2.45) is 0 Å². The molecule has 0 aromatic heterocycles. The van der Waals surface area contributed by atoms with E-state index in [1.165, 1.54) is 12.7 Å². The Balaban J connectivity index is 0.000000561. The molecule has 4 heteroatoms. The third-order valence-corrected chi connectivity index (χ3v) is 3.15. The lowest BCUT2D eigenvalue weighted by atomic mass is 10.2. The number of piperidine rings is 1. The van der Waals surface area contributed by atoms with Gasteiger partial charge in [-0.25, -0.2) is 4.31 Å². The molecule has 0 amide bonds. The van der Waals surface area contributed by atoms with Gasteiger partial charge in [-0.3, -0.25) is 9.11 Å². The molecule has 0 bridgehead atoms. The molecule has 1 aliphatic rings. The van der Waals surface area contributed by atoms with E-state index in [2.05, 4.69) is 0 Å². The van der Waals surface area contributed by atoms with Crippen LogP contribution in [0.1, 0.15) is 33.1 Å². The second-order valence-corrected chi connectivity index (χ2v) is 4.88. The summed E-state index contributed by atoms with van der Waals surface area (Å²) in [4.78, 5) is 0. The smallest absolute Gasteiger partial charge is 0.0418 e. The zero-order chi connectivity index (χ0) is 9.61. The number of hydrogen-bond acceptors (Lipinski definition) is 3. The molecule has 0 radical (unpaired) electrons. The van der Waals surface area contributed by atoms with Crippen molar-refractivity contribution in [3.05, 3.63) is 0 Å². The summed E-state index contributed by atoms with van der Waals surface area (Å²) in [5.41, 5.74) is 0. The number of hydrogen-bond donors (Lipinski definition) is 2. The minimum Gasteiger partial charge on any atom is -0.286 e. The quantitative estimate of drug-likeness (QED) is 0.676. The van der Waals surface area contributed by atoms with Crippen molar-refractivity contribution in [3.63, 3.8) is 0 Å². The molecule has 0 atom stereocenters. The maximum Gasteiger partial charge on any atom is 0.0418 e. The molecule has 3 nitrogen and oxygen atoms in total. The average molecular weight is 195 g/mol. The van der Waals surface area contributed by atoms with Crippen molar-refractivity contribution in [2.75, 3.05) is 19.3 Å². The molecule has 76 valence electrons. The largest absolute Gasteiger partial charge is 0.286 e. The lowest BCUT2D eigenvalue weighted by Gasteiger charge is -2.41. The molecule has 0 aliphatic carbocycles. The summed E-state index contributed by atoms with van der Waals surface area (Å²) in [6.45, 7) is 5.69. The van der Waals surface area contributed by atoms with Crippen LogP contribution in [0.5, 0.6) is 0 Å². The van der Waals surface area contributed by atoms with Crippen LogP contribution in [0.15, 0.2) is 0 Å². The monoisotopic (exact) mass is 195 g/mol. The van der Waals surface area contributed by atoms with Gasteiger partial charge >= 0.3 is 0 Å². The molecule has 0 aromatic rings. The first kappa shape index (κ1) is 12.2. The van der Waals surface area contributed by atoms with Crippen LogP contribution in [0.3, 0.4) is 0 Å². The van der Waals surface area contributed by atoms with Gasteiger partial charge in [0.2, 0.25) is 0 Å². The first-order valence-corrected chi connectivity index (χ1v) is 6.50. The van der Waals surface area contributed by atoms with E-state index in [9.17, 15) is 9.11 Å². The van der Waals surface area contributed by atoms with Crippen LogP contribution in [-0.2, 0) is 0 Å². The van der Waals surface area contributed by atoms with E-state index >= 15 is 0 Å². The summed E-state index contributed by atoms with van der Waals surface area (Å²) in [5, 5.41) is 0. The molecule has 0 unspecified atom stereocenters. The SMILES string of the molecule is CC.CS(O)(O)N1CCCCC1. The van der Waals surface area contributed by atoms with E-state index in [4.69, 9.17) is 0 Å². The van der Waals surface area contributed by atoms with Gasteiger partial charge in [0.25, 0.3) is 0 Å². The highest BCUT2D eigenvalue weighted by Gasteiger charge is 2.18. The molecule has 12 heavy (non-hydrogen) atoms. The summed E-state index contributed by atoms with van der Waals surface area (Å²) in [5.74, 6) is 0. The van der Waals surface area contributed by atoms with Gasteiger partial charge in [-0.2, -0.15) is 0 Å². The average Bonchev–Trinajstić information content (AvgIpc) is 2.08. The highest BCUT2D eigenvalue weighted by atomic mass is 32.3. The molecule has 1 heterocycles. The summed E-state index contributed by atoms with van der Waals surface area (Å²) in [6, 6.07) is 0. The number of nitrogens with zero attached hydrogens (tertiary/aromatic N) is 1. The van der Waals surface area contributed by atoms with Gasteiger partial charge < -0.3 is 0 Å². The molecule has 0 spiro atoms. The maximum atomic E-state index is 9.21. The molecule has 0 aromatic carbocycles. The maximum absolute atomic E-state index is 9.21. The summed E-state index contributed by atoms with van der Waals surface area (Å²) >= 11 is 0. The predicted octanol–water partition coefficient (Wildman–Crippen LogP) is 2.79. The van der Waals surface area contributed by atoms with Gasteiger partial charge in [0, 0.05) is 19.3 Å². The van der Waals surface area contributed by atoms with Crippen molar-refractivity contribution in [3.8, 4) is 0 Å². The fraction of sp³-hybridized carbons (Fsp3) is 1.00. The van der Waals surface area contributed by atoms with Crippen molar-refractivity contribution in [1.82, 2.24) is 4.31 Å². The van der Waals surface area contributed by atoms with Crippen molar-refractivity contribution < 1.29 is 9.11 Å². The zero-order valence-electron chi connectivity index (χ0n) is 8.29. The second kappa shape index (κ2) is 5.80. The Morgan fingerprint density at radius 3 is 1.67 bits per heavy atom. The summed E-state index contributed by atoms with van der Waals surface area (Å²) in [7, 11) is -2.39. The Morgan fingerprint density at radius 2 is 1.42 bits per heavy atom. The minimum absolute atomic E-state index is 0.846. The number of rotatable bonds is 1. The van der Waals surface area contributed by atoms with Crippen LogP contribution in [-0.4, -0.2) is 32.8 Å². The van der Waals surface area contributed by atoms with Gasteiger partial charge in [0.05, 0.1) is 0 Å². The van der Waals surface area contributed by atoms with Gasteiger partial charge in [0.1, 0.15) is 0 Å². The van der Waals surface area contributed by atoms with E-state index in [1.54, 1.807) is 4.31 Å². The fourth-order valence-corrected chi connectivity index (χ4v) is 2.16. The third-order valence-electron chi connectivity index (χ3n) is 1.80. The Hall–Kier alpha value is 0.230. The molecule has 2 N–H and O–H groups in total. The van der Waals surface area contributed by atoms with Crippen LogP contribution in [0, 0.1) is 0 Å². The van der Waals surface area contributed by atoms with Crippen molar-refractivity contribution >= 4 is 10.8 Å². The molecule has 0 saturated carbocycles. The Labute approximate surface area is 77.3 Å². The highest BCUT2D eigenvalue weighted by molar-refractivity contribution is 8.21. The van der Waals surface area contributed by atoms with E-state index in [0.717, 1.165) is 25.9 Å². The lowest BCUT2D eigenvalue weighted by Crippen LogP contribution is -2.31. The van der Waals surface area contributed by atoms with Gasteiger partial charge in [0.15, 0.2) is 0 Å². The van der Waals surface area contributed by atoms with Crippen molar-refractivity contribution in [1.29, 1.82) is 0 Å². The van der Waals surface area contributed by atoms with E-state index < -0.39 is 10.8 Å². The molecule has 1 fully saturated rings. The van der Waals surface area contributed by atoms with Gasteiger partial charge in [-0.1, -0.05) is 20.3 Å². The Morgan fingerprint density at radius 1 is 1.00 bits per heavy atom. The van der Waals surface area contributed by atoms with Crippen LogP contribution < -0.4 is 0 Å². The topological polar surface area (TPSA) is 43.7 Å². The van der Waals surface area contributed by atoms with Crippen LogP contribution in [0.25, 0.3) is 0 Å². The highest BCUT2D eigenvalue weighted by Crippen LogP contribution is 2.40. The van der Waals surface area contributed by atoms with Gasteiger partial charge in [-0.05, 0) is 12.8 Å². The predicted molar refractivity (Wildman–Crippen MR) is 55.5 cm³/mol. The third kappa shape index (κ3) is 4.30. The lowest BCUT2D eigenvalue weighted by molar-refractivity contribution is 0.308. The summed E-state index contributed by atoms with van der Waals surface area (Å²) < 4.78 is 20.2. The van der Waals surface area contributed by atoms with Crippen LogP contribution >= 0.6 is 10.8 Å². The zero-order valence-corrected chi connectivity index (χ0v) is 9.10. The first-order chi connectivity index (χ1) is 5.61. The Kier molecular flexibility index (Phi) is 5.92. The standard InChI is InChI=1S/C6H15NO2S.C2H6/c1-10(8,9)7-5-3-2-4-6-7;1-2/h8-9H,2-6H2,1H3;1-2H3. The normalized spacial score (nSPS) is 21.1. The Bertz CT molecular complexity index is 108. The molecule has 1 aliphatic heterocycles. The summed E-state index contributed by atoms with van der Waals surface area (Å²) in [6.07, 6.45) is 4.93. The molecule has 1 rings (SSSR count). The minimum atomic E-state index is -2.39. The molecular weight excluding hydrogens is 174 g/mol.